The van der Waals surface area contributed by atoms with Crippen molar-refractivity contribution in [2.75, 3.05) is 6.61 Å². The van der Waals surface area contributed by atoms with Gasteiger partial charge in [0.05, 0.1) is 37.4 Å². The first kappa shape index (κ1) is 34.1. The van der Waals surface area contributed by atoms with Crippen LogP contribution in [-0.2, 0) is 16.1 Å². The predicted molar refractivity (Wildman–Crippen MR) is 199 cm³/mol. The summed E-state index contributed by atoms with van der Waals surface area (Å²) in [6.07, 6.45) is 1.83. The highest BCUT2D eigenvalue weighted by molar-refractivity contribution is 9.11. The van der Waals surface area contributed by atoms with Gasteiger partial charge in [0.25, 0.3) is 5.56 Å². The molecule has 1 aliphatic heterocycles. The van der Waals surface area contributed by atoms with Gasteiger partial charge in [-0.1, -0.05) is 110 Å². The molecule has 0 N–H and O–H groups in total. The van der Waals surface area contributed by atoms with Crippen molar-refractivity contribution in [2.45, 2.75) is 39.3 Å². The fourth-order valence-corrected chi connectivity index (χ4v) is 8.18. The quantitative estimate of drug-likeness (QED) is 0.140. The van der Waals surface area contributed by atoms with E-state index in [0.717, 1.165) is 27.8 Å². The summed E-state index contributed by atoms with van der Waals surface area (Å²) in [4.78, 5) is 33.5. The van der Waals surface area contributed by atoms with Gasteiger partial charge in [-0.3, -0.25) is 9.36 Å². The van der Waals surface area contributed by atoms with E-state index >= 15 is 0 Å². The minimum Gasteiger partial charge on any atom is -0.486 e. The van der Waals surface area contributed by atoms with Crippen LogP contribution in [0, 0.1) is 0 Å². The zero-order valence-electron chi connectivity index (χ0n) is 26.4. The third kappa shape index (κ3) is 7.01. The molecule has 0 bridgehead atoms. The molecular weight excluding hydrogens is 776 g/mol. The van der Waals surface area contributed by atoms with E-state index in [2.05, 4.69) is 45.7 Å². The van der Waals surface area contributed by atoms with Gasteiger partial charge in [0.15, 0.2) is 4.80 Å². The number of carbonyl (C=O) groups excluding carboxylic acids is 1. The van der Waals surface area contributed by atoms with E-state index in [1.165, 1.54) is 11.3 Å². The van der Waals surface area contributed by atoms with Gasteiger partial charge in [-0.05, 0) is 85.7 Å². The molecule has 0 amide bonds. The predicted octanol–water partition coefficient (Wildman–Crippen LogP) is 8.82. The Morgan fingerprint density at radius 1 is 1.00 bits per heavy atom. The topological polar surface area (TPSA) is 69.9 Å². The number of hydrogen-bond donors (Lipinski definition) is 0. The summed E-state index contributed by atoms with van der Waals surface area (Å²) in [7, 11) is 0. The van der Waals surface area contributed by atoms with Crippen molar-refractivity contribution in [3.05, 3.63) is 158 Å². The summed E-state index contributed by atoms with van der Waals surface area (Å²) in [5.41, 5.74) is 4.92. The number of benzene rings is 4. The maximum absolute atomic E-state index is 14.3. The summed E-state index contributed by atoms with van der Waals surface area (Å²) in [6, 6.07) is 28.2. The van der Waals surface area contributed by atoms with Gasteiger partial charge < -0.3 is 9.47 Å². The van der Waals surface area contributed by atoms with E-state index in [9.17, 15) is 9.59 Å². The van der Waals surface area contributed by atoms with Crippen molar-refractivity contribution in [2.24, 2.45) is 4.99 Å². The Morgan fingerprint density at radius 3 is 2.31 bits per heavy atom. The van der Waals surface area contributed by atoms with E-state index in [-0.39, 0.29) is 12.2 Å². The zero-order chi connectivity index (χ0) is 33.9. The molecule has 6 rings (SSSR count). The molecule has 1 aliphatic rings. The van der Waals surface area contributed by atoms with Crippen LogP contribution in [0.5, 0.6) is 5.75 Å². The average molecular weight is 807 g/mol. The molecule has 0 spiro atoms. The average Bonchev–Trinajstić information content (AvgIpc) is 3.38. The second-order valence-corrected chi connectivity index (χ2v) is 14.6. The summed E-state index contributed by atoms with van der Waals surface area (Å²) in [6.45, 7) is 6.51. The second-order valence-electron chi connectivity index (χ2n) is 11.4. The van der Waals surface area contributed by atoms with E-state index in [1.807, 2.05) is 97.1 Å². The maximum Gasteiger partial charge on any atom is 0.338 e. The third-order valence-corrected chi connectivity index (χ3v) is 10.5. The van der Waals surface area contributed by atoms with Gasteiger partial charge in [-0.25, -0.2) is 9.79 Å². The molecule has 0 radical (unpaired) electrons. The smallest absolute Gasteiger partial charge is 0.338 e. The number of ether oxygens (including phenoxy) is 2. The number of esters is 1. The Hall–Kier alpha value is -3.76. The molecule has 2 heterocycles. The van der Waals surface area contributed by atoms with Gasteiger partial charge in [0.2, 0.25) is 0 Å². The van der Waals surface area contributed by atoms with E-state index in [0.29, 0.717) is 52.8 Å². The first-order valence-corrected chi connectivity index (χ1v) is 18.2. The van der Waals surface area contributed by atoms with Crippen LogP contribution >= 0.6 is 54.8 Å². The van der Waals surface area contributed by atoms with E-state index in [4.69, 9.17) is 26.1 Å². The minimum absolute atomic E-state index is 0.190. The Morgan fingerprint density at radius 2 is 1.67 bits per heavy atom. The molecule has 6 nitrogen and oxygen atoms in total. The normalized spacial score (nSPS) is 14.6. The number of fused-ring (bicyclic) bond motifs is 1. The lowest BCUT2D eigenvalue weighted by Gasteiger charge is -2.26. The SMILES string of the molecule is CCOC(=O)C1=C(c2ccccc2)N=c2s/c(=C\c3cc(Br)c(OCc4ccccc4Cl)c(Br)c3)c(=O)n2[C@H]1c1ccc(C(C)C)cc1. The molecule has 4 aromatic carbocycles. The molecule has 10 heteroatoms. The highest BCUT2D eigenvalue weighted by atomic mass is 79.9. The maximum atomic E-state index is 14.3. The largest absolute Gasteiger partial charge is 0.486 e. The number of carbonyl (C=O) groups is 1. The molecular formula is C38H31Br2ClN2O4S. The molecule has 1 atom stereocenters. The first-order valence-electron chi connectivity index (χ1n) is 15.4. The molecule has 244 valence electrons. The van der Waals surface area contributed by atoms with Crippen molar-refractivity contribution in [1.29, 1.82) is 0 Å². The van der Waals surface area contributed by atoms with Crippen LogP contribution in [0.3, 0.4) is 0 Å². The Bertz CT molecular complexity index is 2190. The zero-order valence-corrected chi connectivity index (χ0v) is 31.1. The monoisotopic (exact) mass is 804 g/mol. The number of aromatic nitrogens is 1. The Labute approximate surface area is 304 Å². The summed E-state index contributed by atoms with van der Waals surface area (Å²) in [5, 5.41) is 0.632. The fraction of sp³-hybridized carbons (Fsp3) is 0.184. The molecule has 0 fully saturated rings. The molecule has 0 unspecified atom stereocenters. The van der Waals surface area contributed by atoms with Crippen molar-refractivity contribution in [1.82, 2.24) is 4.57 Å². The second kappa shape index (κ2) is 14.8. The number of halogens is 3. The molecule has 0 aliphatic carbocycles. The first-order chi connectivity index (χ1) is 23.2. The van der Waals surface area contributed by atoms with Crippen LogP contribution in [0.4, 0.5) is 0 Å². The highest BCUT2D eigenvalue weighted by Gasteiger charge is 2.35. The van der Waals surface area contributed by atoms with E-state index in [1.54, 1.807) is 11.5 Å². The molecule has 0 saturated heterocycles. The van der Waals surface area contributed by atoms with Crippen LogP contribution in [-0.4, -0.2) is 17.1 Å². The van der Waals surface area contributed by atoms with Gasteiger partial charge in [-0.2, -0.15) is 0 Å². The molecule has 1 aromatic heterocycles. The minimum atomic E-state index is -0.738. The highest BCUT2D eigenvalue weighted by Crippen LogP contribution is 2.37. The van der Waals surface area contributed by atoms with Crippen molar-refractivity contribution in [3.8, 4) is 5.75 Å². The number of nitrogens with zero attached hydrogens (tertiary/aromatic N) is 2. The van der Waals surface area contributed by atoms with Crippen LogP contribution in [0.15, 0.2) is 115 Å². The third-order valence-electron chi connectivity index (χ3n) is 7.94. The summed E-state index contributed by atoms with van der Waals surface area (Å²) >= 11 is 14.9. The van der Waals surface area contributed by atoms with Crippen LogP contribution in [0.2, 0.25) is 5.02 Å². The molecule has 5 aromatic rings. The van der Waals surface area contributed by atoms with Crippen molar-refractivity contribution < 1.29 is 14.3 Å². The summed E-state index contributed by atoms with van der Waals surface area (Å²) < 4.78 is 15.2. The van der Waals surface area contributed by atoms with Crippen molar-refractivity contribution >= 4 is 72.5 Å². The lowest BCUT2D eigenvalue weighted by atomic mass is 9.91. The van der Waals surface area contributed by atoms with Gasteiger partial charge in [0.1, 0.15) is 12.4 Å². The van der Waals surface area contributed by atoms with E-state index < -0.39 is 12.0 Å². The van der Waals surface area contributed by atoms with Gasteiger partial charge >= 0.3 is 5.97 Å². The Kier molecular flexibility index (Phi) is 10.5. The lowest BCUT2D eigenvalue weighted by Crippen LogP contribution is -2.40. The van der Waals surface area contributed by atoms with Crippen LogP contribution < -0.4 is 19.6 Å². The number of hydrogen-bond acceptors (Lipinski definition) is 6. The Balaban J connectivity index is 1.49. The molecule has 0 saturated carbocycles. The van der Waals surface area contributed by atoms with Gasteiger partial charge in [0, 0.05) is 16.1 Å². The number of rotatable bonds is 9. The number of thiazole rings is 1. The standard InChI is InChI=1S/C38H31Br2ClN2O4S/c1-4-46-37(45)32-33(25-10-6-5-7-11-25)42-38-43(34(32)26-16-14-24(15-17-26)22(2)3)36(44)31(48-38)20-23-18-28(39)35(29(40)19-23)47-21-27-12-8-9-13-30(27)41/h5-20,22,34H,4,21H2,1-3H3/b31-20-/t34-/m0/s1. The van der Waals surface area contributed by atoms with Crippen LogP contribution in [0.1, 0.15) is 60.5 Å². The summed E-state index contributed by atoms with van der Waals surface area (Å²) in [5.74, 6) is 0.435. The lowest BCUT2D eigenvalue weighted by molar-refractivity contribution is -0.138. The molecule has 48 heavy (non-hydrogen) atoms. The van der Waals surface area contributed by atoms with Crippen LogP contribution in [0.25, 0.3) is 11.8 Å². The van der Waals surface area contributed by atoms with Gasteiger partial charge in [-0.15, -0.1) is 0 Å². The van der Waals surface area contributed by atoms with Crippen molar-refractivity contribution in [3.63, 3.8) is 0 Å². The fourth-order valence-electron chi connectivity index (χ4n) is 5.54.